The molecule has 0 amide bonds. The van der Waals surface area contributed by atoms with Crippen molar-refractivity contribution in [3.8, 4) is 0 Å². The minimum Gasteiger partial charge on any atom is -0.354 e. The summed E-state index contributed by atoms with van der Waals surface area (Å²) in [7, 11) is 2.19. The summed E-state index contributed by atoms with van der Waals surface area (Å²) < 4.78 is 2.21. The third-order valence-electron chi connectivity index (χ3n) is 4.07. The zero-order valence-electron chi connectivity index (χ0n) is 13.0. The molecule has 2 aromatic heterocycles. The number of nitrogens with one attached hydrogen (secondary N) is 1. The number of fused-ring (bicyclic) bond motifs is 1. The Hall–Kier alpha value is -1.20. The lowest BCUT2D eigenvalue weighted by Gasteiger charge is -2.25. The maximum Gasteiger partial charge on any atom is 0.152 e. The maximum atomic E-state index is 4.87. The summed E-state index contributed by atoms with van der Waals surface area (Å²) in [6.45, 7) is 5.21. The Kier molecular flexibility index (Phi) is 4.40. The Bertz CT molecular complexity index is 601. The summed E-state index contributed by atoms with van der Waals surface area (Å²) in [5.74, 6) is 3.60. The molecule has 0 bridgehead atoms. The van der Waals surface area contributed by atoms with Gasteiger partial charge in [-0.15, -0.1) is 0 Å². The Labute approximate surface area is 130 Å². The highest BCUT2D eigenvalue weighted by Crippen LogP contribution is 2.28. The van der Waals surface area contributed by atoms with Crippen LogP contribution in [0, 0.1) is 0 Å². The number of hydrogen-bond acceptors (Lipinski definition) is 4. The van der Waals surface area contributed by atoms with Gasteiger partial charge in [-0.3, -0.25) is 0 Å². The first-order chi connectivity index (χ1) is 10.2. The van der Waals surface area contributed by atoms with E-state index in [2.05, 4.69) is 59.9 Å². The smallest absolute Gasteiger partial charge is 0.152 e. The lowest BCUT2D eigenvalue weighted by Crippen LogP contribution is -2.33. The van der Waals surface area contributed by atoms with E-state index in [0.717, 1.165) is 18.0 Å². The summed E-state index contributed by atoms with van der Waals surface area (Å²) in [6, 6.07) is 7.29. The molecular weight excluding hydrogens is 280 g/mol. The molecule has 21 heavy (non-hydrogen) atoms. The van der Waals surface area contributed by atoms with Crippen LogP contribution in [0.2, 0.25) is 0 Å². The molecule has 0 saturated carbocycles. The van der Waals surface area contributed by atoms with Gasteiger partial charge in [-0.25, -0.2) is 4.98 Å². The molecule has 1 saturated heterocycles. The van der Waals surface area contributed by atoms with Crippen LogP contribution in [-0.2, 0) is 6.54 Å². The number of aromatic nitrogens is 2. The molecule has 3 heterocycles. The van der Waals surface area contributed by atoms with Gasteiger partial charge in [0.15, 0.2) is 5.82 Å². The largest absolute Gasteiger partial charge is 0.354 e. The maximum absolute atomic E-state index is 4.87. The predicted octanol–water partition coefficient (Wildman–Crippen LogP) is 2.77. The zero-order chi connectivity index (χ0) is 14.8. The molecule has 0 radical (unpaired) electrons. The topological polar surface area (TPSA) is 32.6 Å². The monoisotopic (exact) mass is 304 g/mol. The number of pyridine rings is 1. The molecule has 2 aromatic rings. The van der Waals surface area contributed by atoms with Crippen molar-refractivity contribution in [2.45, 2.75) is 38.9 Å². The van der Waals surface area contributed by atoms with Gasteiger partial charge in [-0.1, -0.05) is 19.9 Å². The lowest BCUT2D eigenvalue weighted by molar-refractivity contribution is 0.576. The molecule has 0 aliphatic carbocycles. The number of hydrogen-bond donors (Lipinski definition) is 1. The standard InChI is InChI=1S/C16H24N4S/c1-12(2)17-10-14-16(19(3)13-7-9-21-11-13)18-15-6-4-5-8-20(14)15/h4-6,8,12-13,17H,7,9-11H2,1-3H3. The molecular formula is C16H24N4S. The Morgan fingerprint density at radius 3 is 3.05 bits per heavy atom. The van der Waals surface area contributed by atoms with Crippen LogP contribution in [0.25, 0.3) is 5.65 Å². The molecule has 5 heteroatoms. The predicted molar refractivity (Wildman–Crippen MR) is 91.3 cm³/mol. The fourth-order valence-electron chi connectivity index (χ4n) is 2.78. The van der Waals surface area contributed by atoms with Crippen molar-refractivity contribution in [2.24, 2.45) is 0 Å². The number of nitrogens with zero attached hydrogens (tertiary/aromatic N) is 3. The molecule has 114 valence electrons. The van der Waals surface area contributed by atoms with E-state index in [1.54, 1.807) is 0 Å². The van der Waals surface area contributed by atoms with Gasteiger partial charge >= 0.3 is 0 Å². The third-order valence-corrected chi connectivity index (χ3v) is 5.22. The van der Waals surface area contributed by atoms with Crippen LogP contribution in [0.15, 0.2) is 24.4 Å². The second-order valence-electron chi connectivity index (χ2n) is 5.97. The van der Waals surface area contributed by atoms with E-state index in [1.165, 1.54) is 23.6 Å². The van der Waals surface area contributed by atoms with Crippen LogP contribution in [0.1, 0.15) is 26.0 Å². The van der Waals surface area contributed by atoms with Gasteiger partial charge in [0.1, 0.15) is 5.65 Å². The van der Waals surface area contributed by atoms with Crippen LogP contribution in [-0.4, -0.2) is 40.0 Å². The molecule has 1 atom stereocenters. The van der Waals surface area contributed by atoms with Gasteiger partial charge in [0, 0.05) is 37.6 Å². The first kappa shape index (κ1) is 14.7. The number of imidazole rings is 1. The van der Waals surface area contributed by atoms with E-state index in [-0.39, 0.29) is 0 Å². The Morgan fingerprint density at radius 2 is 2.33 bits per heavy atom. The van der Waals surface area contributed by atoms with E-state index in [4.69, 9.17) is 4.98 Å². The van der Waals surface area contributed by atoms with Crippen LogP contribution in [0.3, 0.4) is 0 Å². The molecule has 1 aliphatic rings. The molecule has 1 unspecified atom stereocenters. The van der Waals surface area contributed by atoms with Crippen molar-refractivity contribution in [1.82, 2.24) is 14.7 Å². The number of rotatable bonds is 5. The summed E-state index contributed by atoms with van der Waals surface area (Å²) in [5.41, 5.74) is 2.30. The average molecular weight is 304 g/mol. The fraction of sp³-hybridized carbons (Fsp3) is 0.562. The summed E-state index contributed by atoms with van der Waals surface area (Å²) >= 11 is 2.04. The number of anilines is 1. The van der Waals surface area contributed by atoms with Crippen LogP contribution in [0.4, 0.5) is 5.82 Å². The van der Waals surface area contributed by atoms with E-state index < -0.39 is 0 Å². The first-order valence-electron chi connectivity index (χ1n) is 7.66. The van der Waals surface area contributed by atoms with Crippen LogP contribution in [0.5, 0.6) is 0 Å². The van der Waals surface area contributed by atoms with Gasteiger partial charge in [-0.2, -0.15) is 11.8 Å². The molecule has 0 aromatic carbocycles. The Morgan fingerprint density at radius 1 is 1.48 bits per heavy atom. The van der Waals surface area contributed by atoms with Crippen molar-refractivity contribution in [3.63, 3.8) is 0 Å². The van der Waals surface area contributed by atoms with E-state index in [9.17, 15) is 0 Å². The van der Waals surface area contributed by atoms with Crippen LogP contribution >= 0.6 is 11.8 Å². The Balaban J connectivity index is 1.96. The lowest BCUT2D eigenvalue weighted by atomic mass is 10.2. The molecule has 1 aliphatic heterocycles. The third kappa shape index (κ3) is 3.04. The van der Waals surface area contributed by atoms with Gasteiger partial charge in [-0.05, 0) is 24.3 Å². The van der Waals surface area contributed by atoms with Gasteiger partial charge in [0.05, 0.1) is 5.69 Å². The zero-order valence-corrected chi connectivity index (χ0v) is 13.9. The second-order valence-corrected chi connectivity index (χ2v) is 7.12. The second kappa shape index (κ2) is 6.28. The van der Waals surface area contributed by atoms with Gasteiger partial charge in [0.2, 0.25) is 0 Å². The van der Waals surface area contributed by atoms with E-state index in [0.29, 0.717) is 12.1 Å². The summed E-state index contributed by atoms with van der Waals surface area (Å²) in [6.07, 6.45) is 3.37. The van der Waals surface area contributed by atoms with Crippen molar-refractivity contribution < 1.29 is 0 Å². The van der Waals surface area contributed by atoms with Crippen LogP contribution < -0.4 is 10.2 Å². The van der Waals surface area contributed by atoms with Gasteiger partial charge in [0.25, 0.3) is 0 Å². The first-order valence-corrected chi connectivity index (χ1v) is 8.82. The summed E-state index contributed by atoms with van der Waals surface area (Å²) in [4.78, 5) is 7.25. The molecule has 1 fully saturated rings. The number of thioether (sulfide) groups is 1. The minimum atomic E-state index is 0.472. The van der Waals surface area contributed by atoms with Crippen molar-refractivity contribution in [3.05, 3.63) is 30.1 Å². The SMILES string of the molecule is CC(C)NCc1c(N(C)C2CCSC2)nc2ccccn12. The van der Waals surface area contributed by atoms with Gasteiger partial charge < -0.3 is 14.6 Å². The fourth-order valence-corrected chi connectivity index (χ4v) is 4.05. The molecule has 1 N–H and O–H groups in total. The normalized spacial score (nSPS) is 18.8. The molecule has 0 spiro atoms. The minimum absolute atomic E-state index is 0.472. The summed E-state index contributed by atoms with van der Waals surface area (Å²) in [5, 5.41) is 3.53. The highest BCUT2D eigenvalue weighted by Gasteiger charge is 2.24. The van der Waals surface area contributed by atoms with Crippen molar-refractivity contribution in [2.75, 3.05) is 23.5 Å². The van der Waals surface area contributed by atoms with E-state index >= 15 is 0 Å². The molecule has 3 rings (SSSR count). The van der Waals surface area contributed by atoms with Crippen molar-refractivity contribution in [1.29, 1.82) is 0 Å². The quantitative estimate of drug-likeness (QED) is 0.921. The van der Waals surface area contributed by atoms with Crippen molar-refractivity contribution >= 4 is 23.2 Å². The molecule has 4 nitrogen and oxygen atoms in total. The average Bonchev–Trinajstić information content (AvgIpc) is 3.12. The highest BCUT2D eigenvalue weighted by molar-refractivity contribution is 7.99. The highest BCUT2D eigenvalue weighted by atomic mass is 32.2. The van der Waals surface area contributed by atoms with E-state index in [1.807, 2.05) is 11.8 Å².